The number of hydrogen-bond donors (Lipinski definition) is 2. The largest absolute Gasteiger partial charge is 0.508 e. The van der Waals surface area contributed by atoms with Crippen LogP contribution in [0.2, 0.25) is 0 Å². The topological polar surface area (TPSA) is 97.5 Å². The van der Waals surface area contributed by atoms with E-state index in [1.807, 2.05) is 18.2 Å². The number of rotatable bonds is 3. The zero-order chi connectivity index (χ0) is 20.8. The molecule has 0 aliphatic carbocycles. The van der Waals surface area contributed by atoms with Gasteiger partial charge in [0.2, 0.25) is 10.0 Å². The lowest BCUT2D eigenvalue weighted by Crippen LogP contribution is -2.11. The van der Waals surface area contributed by atoms with Gasteiger partial charge >= 0.3 is 0 Å². The van der Waals surface area contributed by atoms with Gasteiger partial charge in [-0.15, -0.1) is 11.3 Å². The third-order valence-corrected chi connectivity index (χ3v) is 6.88. The Morgan fingerprint density at radius 3 is 2.24 bits per heavy atom. The predicted molar refractivity (Wildman–Crippen MR) is 117 cm³/mol. The molecule has 0 aliphatic rings. The van der Waals surface area contributed by atoms with E-state index in [0.29, 0.717) is 27.6 Å². The first-order valence-corrected chi connectivity index (χ1v) is 11.1. The van der Waals surface area contributed by atoms with Gasteiger partial charge < -0.3 is 5.11 Å². The Labute approximate surface area is 171 Å². The molecule has 0 bridgehead atoms. The van der Waals surface area contributed by atoms with E-state index in [2.05, 4.69) is 0 Å². The molecule has 0 saturated heterocycles. The molecule has 29 heavy (non-hydrogen) atoms. The van der Waals surface area contributed by atoms with E-state index in [9.17, 15) is 18.3 Å². The van der Waals surface area contributed by atoms with Crippen LogP contribution < -0.4 is 10.6 Å². The molecule has 0 aliphatic heterocycles. The van der Waals surface area contributed by atoms with Gasteiger partial charge in [0, 0.05) is 20.5 Å². The summed E-state index contributed by atoms with van der Waals surface area (Å²) in [4.78, 5) is 14.1. The molecule has 0 atom stereocenters. The molecule has 1 aromatic heterocycles. The number of sulfonamides is 1. The Kier molecular flexibility index (Phi) is 4.74. The molecule has 3 aromatic carbocycles. The molecule has 0 radical (unpaired) electrons. The molecule has 5 nitrogen and oxygen atoms in total. The maximum absolute atomic E-state index is 13.4. The summed E-state index contributed by atoms with van der Waals surface area (Å²) in [6, 6.07) is 18.6. The van der Waals surface area contributed by atoms with E-state index in [0.717, 1.165) is 9.58 Å². The van der Waals surface area contributed by atoms with Crippen LogP contribution in [-0.4, -0.2) is 13.5 Å². The molecule has 0 unspecified atom stereocenters. The van der Waals surface area contributed by atoms with Crippen molar-refractivity contribution >= 4 is 31.4 Å². The Hall–Kier alpha value is -3.00. The number of hydrogen-bond acceptors (Lipinski definition) is 5. The zero-order valence-corrected chi connectivity index (χ0v) is 17.0. The Morgan fingerprint density at radius 2 is 1.59 bits per heavy atom. The SMILES string of the molecule is Cc1cc(-c2c(-c3ccc(S(N)(=O)=O)cc3)sc3ccccc3c2=O)ccc1O. The van der Waals surface area contributed by atoms with Crippen molar-refractivity contribution in [1.82, 2.24) is 0 Å². The van der Waals surface area contributed by atoms with E-state index in [1.54, 1.807) is 43.3 Å². The summed E-state index contributed by atoms with van der Waals surface area (Å²) < 4.78 is 24.0. The third kappa shape index (κ3) is 3.55. The van der Waals surface area contributed by atoms with Crippen molar-refractivity contribution in [3.8, 4) is 27.3 Å². The number of phenolic OH excluding ortho intramolecular Hbond substituents is 1. The first kappa shape index (κ1) is 19.3. The van der Waals surface area contributed by atoms with Crippen LogP contribution in [0, 0.1) is 6.92 Å². The molecule has 3 N–H and O–H groups in total. The first-order valence-electron chi connectivity index (χ1n) is 8.75. The standard InChI is InChI=1S/C22H17NO4S2/c1-13-12-15(8-11-18(13)24)20-21(25)17-4-2-3-5-19(17)28-22(20)14-6-9-16(10-7-14)29(23,26)27/h2-12,24H,1H3,(H2,23,26,27). The van der Waals surface area contributed by atoms with Crippen LogP contribution in [0.15, 0.2) is 76.4 Å². The normalized spacial score (nSPS) is 11.7. The Morgan fingerprint density at radius 1 is 0.931 bits per heavy atom. The summed E-state index contributed by atoms with van der Waals surface area (Å²) in [5, 5.41) is 15.7. The summed E-state index contributed by atoms with van der Waals surface area (Å²) in [6.45, 7) is 1.77. The summed E-state index contributed by atoms with van der Waals surface area (Å²) in [5.74, 6) is 0.157. The highest BCUT2D eigenvalue weighted by atomic mass is 32.2. The minimum atomic E-state index is -3.80. The van der Waals surface area contributed by atoms with Gasteiger partial charge in [-0.25, -0.2) is 13.6 Å². The van der Waals surface area contributed by atoms with Gasteiger partial charge in [0.05, 0.1) is 4.90 Å². The van der Waals surface area contributed by atoms with Crippen molar-refractivity contribution in [2.75, 3.05) is 0 Å². The summed E-state index contributed by atoms with van der Waals surface area (Å²) in [7, 11) is -3.80. The molecule has 146 valence electrons. The third-order valence-electron chi connectivity index (χ3n) is 4.73. The van der Waals surface area contributed by atoms with Crippen LogP contribution in [0.4, 0.5) is 0 Å². The summed E-state index contributed by atoms with van der Waals surface area (Å²) in [5.41, 5.74) is 2.47. The van der Waals surface area contributed by atoms with Crippen LogP contribution in [0.3, 0.4) is 0 Å². The molecule has 7 heteroatoms. The van der Waals surface area contributed by atoms with Gasteiger partial charge in [-0.05, 0) is 60.0 Å². The average molecular weight is 424 g/mol. The van der Waals surface area contributed by atoms with Crippen molar-refractivity contribution < 1.29 is 13.5 Å². The van der Waals surface area contributed by atoms with Crippen LogP contribution in [0.5, 0.6) is 5.75 Å². The minimum Gasteiger partial charge on any atom is -0.508 e. The Bertz CT molecular complexity index is 1410. The maximum atomic E-state index is 13.4. The molecule has 1 heterocycles. The fraction of sp³-hybridized carbons (Fsp3) is 0.0455. The van der Waals surface area contributed by atoms with Gasteiger partial charge in [-0.3, -0.25) is 4.79 Å². The lowest BCUT2D eigenvalue weighted by atomic mass is 9.98. The Balaban J connectivity index is 2.04. The highest BCUT2D eigenvalue weighted by molar-refractivity contribution is 7.89. The highest BCUT2D eigenvalue weighted by Gasteiger charge is 2.17. The van der Waals surface area contributed by atoms with Crippen LogP contribution in [0.25, 0.3) is 31.7 Å². The van der Waals surface area contributed by atoms with Crippen LogP contribution >= 0.6 is 11.3 Å². The number of aryl methyl sites for hydroxylation is 1. The number of phenols is 1. The number of benzene rings is 3. The molecule has 0 spiro atoms. The zero-order valence-electron chi connectivity index (χ0n) is 15.4. The van der Waals surface area contributed by atoms with Gasteiger partial charge in [0.1, 0.15) is 5.75 Å². The van der Waals surface area contributed by atoms with Crippen molar-refractivity contribution in [2.24, 2.45) is 5.14 Å². The lowest BCUT2D eigenvalue weighted by molar-refractivity contribution is 0.471. The molecule has 0 amide bonds. The van der Waals surface area contributed by atoms with Crippen molar-refractivity contribution in [1.29, 1.82) is 0 Å². The molecule has 0 saturated carbocycles. The van der Waals surface area contributed by atoms with Crippen LogP contribution in [0.1, 0.15) is 5.56 Å². The average Bonchev–Trinajstić information content (AvgIpc) is 2.70. The number of primary sulfonamides is 1. The van der Waals surface area contributed by atoms with Gasteiger partial charge in [-0.1, -0.05) is 30.3 Å². The predicted octanol–water partition coefficient (Wildman–Crippen LogP) is 4.26. The first-order chi connectivity index (χ1) is 13.8. The quantitative estimate of drug-likeness (QED) is 0.514. The highest BCUT2D eigenvalue weighted by Crippen LogP contribution is 2.38. The van der Waals surface area contributed by atoms with E-state index < -0.39 is 10.0 Å². The monoisotopic (exact) mass is 423 g/mol. The fourth-order valence-electron chi connectivity index (χ4n) is 3.21. The number of fused-ring (bicyclic) bond motifs is 1. The van der Waals surface area contributed by atoms with E-state index in [-0.39, 0.29) is 16.1 Å². The van der Waals surface area contributed by atoms with Gasteiger partial charge in [-0.2, -0.15) is 0 Å². The van der Waals surface area contributed by atoms with Gasteiger partial charge in [0.15, 0.2) is 5.43 Å². The van der Waals surface area contributed by atoms with Crippen LogP contribution in [-0.2, 0) is 10.0 Å². The van der Waals surface area contributed by atoms with Gasteiger partial charge in [0.25, 0.3) is 0 Å². The molecule has 0 fully saturated rings. The maximum Gasteiger partial charge on any atom is 0.238 e. The lowest BCUT2D eigenvalue weighted by Gasteiger charge is -2.12. The number of nitrogens with two attached hydrogens (primary N) is 1. The van der Waals surface area contributed by atoms with E-state index in [4.69, 9.17) is 5.14 Å². The smallest absolute Gasteiger partial charge is 0.238 e. The second kappa shape index (κ2) is 7.11. The summed E-state index contributed by atoms with van der Waals surface area (Å²) >= 11 is 1.46. The molecular weight excluding hydrogens is 406 g/mol. The minimum absolute atomic E-state index is 0.0106. The second-order valence-electron chi connectivity index (χ2n) is 6.70. The number of aromatic hydroxyl groups is 1. The molecule has 4 aromatic rings. The van der Waals surface area contributed by atoms with Crippen molar-refractivity contribution in [3.63, 3.8) is 0 Å². The van der Waals surface area contributed by atoms with E-state index >= 15 is 0 Å². The van der Waals surface area contributed by atoms with Crippen molar-refractivity contribution in [2.45, 2.75) is 11.8 Å². The molecular formula is C22H17NO4S2. The second-order valence-corrected chi connectivity index (χ2v) is 9.32. The van der Waals surface area contributed by atoms with Crippen molar-refractivity contribution in [3.05, 3.63) is 82.5 Å². The van der Waals surface area contributed by atoms with E-state index in [1.165, 1.54) is 23.5 Å². The molecule has 4 rings (SSSR count). The summed E-state index contributed by atoms with van der Waals surface area (Å²) in [6.07, 6.45) is 0. The fourth-order valence-corrected chi connectivity index (χ4v) is 4.93.